The highest BCUT2D eigenvalue weighted by molar-refractivity contribution is 7.13. The Labute approximate surface area is 162 Å². The van der Waals surface area contributed by atoms with E-state index >= 15 is 0 Å². The molecule has 0 bridgehead atoms. The van der Waals surface area contributed by atoms with Gasteiger partial charge in [-0.2, -0.15) is 0 Å². The summed E-state index contributed by atoms with van der Waals surface area (Å²) in [6.07, 6.45) is 3.45. The van der Waals surface area contributed by atoms with E-state index in [1.165, 1.54) is 6.21 Å². The van der Waals surface area contributed by atoms with E-state index in [1.807, 2.05) is 49.6 Å². The Morgan fingerprint density at radius 1 is 1.26 bits per heavy atom. The first kappa shape index (κ1) is 17.4. The van der Waals surface area contributed by atoms with E-state index in [0.29, 0.717) is 6.61 Å². The van der Waals surface area contributed by atoms with Crippen molar-refractivity contribution in [2.75, 3.05) is 18.5 Å². The Bertz CT molecular complexity index is 1040. The van der Waals surface area contributed by atoms with Crippen LogP contribution >= 0.6 is 11.3 Å². The van der Waals surface area contributed by atoms with Crippen molar-refractivity contribution in [3.8, 4) is 16.5 Å². The van der Waals surface area contributed by atoms with Crippen molar-refractivity contribution in [2.24, 2.45) is 0 Å². The molecule has 2 N–H and O–H groups in total. The maximum absolute atomic E-state index is 7.77. The second-order valence-electron chi connectivity index (χ2n) is 6.24. The Kier molecular flexibility index (Phi) is 4.73. The van der Waals surface area contributed by atoms with Crippen LogP contribution in [0.2, 0.25) is 0 Å². The molecular weight excluding hydrogens is 356 g/mol. The van der Waals surface area contributed by atoms with Crippen molar-refractivity contribution >= 4 is 28.9 Å². The fourth-order valence-electron chi connectivity index (χ4n) is 3.23. The number of thiazole rings is 1. The molecule has 0 saturated carbocycles. The number of aromatic nitrogens is 2. The number of anilines is 1. The van der Waals surface area contributed by atoms with Gasteiger partial charge in [0.25, 0.3) is 0 Å². The van der Waals surface area contributed by atoms with Gasteiger partial charge in [-0.25, -0.2) is 9.97 Å². The normalized spacial score (nSPS) is 13.5. The molecule has 1 aliphatic heterocycles. The number of hydrogen-bond donors (Lipinski definition) is 2. The molecule has 0 amide bonds. The monoisotopic (exact) mass is 376 g/mol. The highest BCUT2D eigenvalue weighted by atomic mass is 32.1. The first-order chi connectivity index (χ1) is 13.2. The smallest absolute Gasteiger partial charge is 0.170 e. The third-order valence-electron chi connectivity index (χ3n) is 4.44. The Hall–Kier alpha value is -2.99. The summed E-state index contributed by atoms with van der Waals surface area (Å²) in [6, 6.07) is 9.96. The standard InChI is InChI=1S/C21H20N4OS/c1-3-15(16-7-5-4-6-14(16)11-22)17-10-18(21-24-13(2)12-27-21)25-20-19(17)26-9-8-23-20/h3-7,10-12,22H,8-9H2,1-2H3,(H,23,25)/b15-3+,22-11?. The highest BCUT2D eigenvalue weighted by Gasteiger charge is 2.22. The molecule has 5 nitrogen and oxygen atoms in total. The summed E-state index contributed by atoms with van der Waals surface area (Å²) in [6.45, 7) is 5.31. The van der Waals surface area contributed by atoms with Crippen LogP contribution in [0, 0.1) is 12.3 Å². The van der Waals surface area contributed by atoms with Gasteiger partial charge in [0, 0.05) is 22.9 Å². The average molecular weight is 376 g/mol. The Morgan fingerprint density at radius 3 is 2.85 bits per heavy atom. The van der Waals surface area contributed by atoms with Crippen molar-refractivity contribution in [1.29, 1.82) is 5.41 Å². The predicted molar refractivity (Wildman–Crippen MR) is 111 cm³/mol. The summed E-state index contributed by atoms with van der Waals surface area (Å²) in [7, 11) is 0. The van der Waals surface area contributed by atoms with Gasteiger partial charge in [0.05, 0.1) is 6.54 Å². The largest absolute Gasteiger partial charge is 0.487 e. The molecule has 3 aromatic rings. The predicted octanol–water partition coefficient (Wildman–Crippen LogP) is 4.77. The van der Waals surface area contributed by atoms with Gasteiger partial charge in [0.15, 0.2) is 11.6 Å². The summed E-state index contributed by atoms with van der Waals surface area (Å²) in [5.41, 5.74) is 5.66. The number of rotatable bonds is 4. The lowest BCUT2D eigenvalue weighted by Gasteiger charge is -2.23. The van der Waals surface area contributed by atoms with Gasteiger partial charge in [0.1, 0.15) is 17.3 Å². The van der Waals surface area contributed by atoms with Gasteiger partial charge in [-0.05, 0) is 36.6 Å². The second kappa shape index (κ2) is 7.32. The molecule has 3 heterocycles. The zero-order valence-corrected chi connectivity index (χ0v) is 16.1. The number of aryl methyl sites for hydroxylation is 1. The number of pyridine rings is 1. The Morgan fingerprint density at radius 2 is 2.11 bits per heavy atom. The van der Waals surface area contributed by atoms with Crippen molar-refractivity contribution < 1.29 is 4.74 Å². The quantitative estimate of drug-likeness (QED) is 0.644. The van der Waals surface area contributed by atoms with Gasteiger partial charge < -0.3 is 15.5 Å². The summed E-state index contributed by atoms with van der Waals surface area (Å²) >= 11 is 1.59. The van der Waals surface area contributed by atoms with E-state index in [4.69, 9.17) is 15.1 Å². The molecular formula is C21H20N4OS. The van der Waals surface area contributed by atoms with E-state index in [0.717, 1.165) is 56.8 Å². The topological polar surface area (TPSA) is 70.9 Å². The first-order valence-electron chi connectivity index (χ1n) is 8.82. The fraction of sp³-hybridized carbons (Fsp3) is 0.190. The van der Waals surface area contributed by atoms with Crippen LogP contribution in [0.4, 0.5) is 5.82 Å². The maximum Gasteiger partial charge on any atom is 0.170 e. The molecule has 27 heavy (non-hydrogen) atoms. The summed E-state index contributed by atoms with van der Waals surface area (Å²) in [5, 5.41) is 14.0. The van der Waals surface area contributed by atoms with Crippen LogP contribution < -0.4 is 10.1 Å². The number of nitrogens with zero attached hydrogens (tertiary/aromatic N) is 2. The van der Waals surface area contributed by atoms with Gasteiger partial charge in [-0.15, -0.1) is 11.3 Å². The molecule has 1 aliphatic rings. The summed E-state index contributed by atoms with van der Waals surface area (Å²) < 4.78 is 5.99. The van der Waals surface area contributed by atoms with E-state index in [2.05, 4.69) is 16.4 Å². The molecule has 0 unspecified atom stereocenters. The maximum atomic E-state index is 7.77. The zero-order chi connectivity index (χ0) is 18.8. The first-order valence-corrected chi connectivity index (χ1v) is 9.70. The van der Waals surface area contributed by atoms with Crippen molar-refractivity contribution in [3.63, 3.8) is 0 Å². The minimum atomic E-state index is 0.598. The zero-order valence-electron chi connectivity index (χ0n) is 15.2. The SMILES string of the molecule is C/C=C(\c1ccccc1C=N)c1cc(-c2nc(C)cs2)nc2c1OCCN2. The molecule has 0 fully saturated rings. The molecule has 0 atom stereocenters. The molecule has 136 valence electrons. The second-order valence-corrected chi connectivity index (χ2v) is 7.09. The highest BCUT2D eigenvalue weighted by Crippen LogP contribution is 2.40. The molecule has 1 aromatic carbocycles. The molecule has 6 heteroatoms. The third-order valence-corrected chi connectivity index (χ3v) is 5.42. The summed E-state index contributed by atoms with van der Waals surface area (Å²) in [5.74, 6) is 1.50. The van der Waals surface area contributed by atoms with E-state index in [1.54, 1.807) is 11.3 Å². The van der Waals surface area contributed by atoms with Crippen LogP contribution in [0.25, 0.3) is 16.3 Å². The molecule has 2 aromatic heterocycles. The number of hydrogen-bond acceptors (Lipinski definition) is 6. The van der Waals surface area contributed by atoms with Crippen LogP contribution in [0.3, 0.4) is 0 Å². The molecule has 0 spiro atoms. The molecule has 0 aliphatic carbocycles. The van der Waals surface area contributed by atoms with Crippen molar-refractivity contribution in [1.82, 2.24) is 9.97 Å². The molecule has 0 saturated heterocycles. The Balaban J connectivity index is 1.93. The minimum Gasteiger partial charge on any atom is -0.487 e. The van der Waals surface area contributed by atoms with Gasteiger partial charge in [-0.3, -0.25) is 0 Å². The van der Waals surface area contributed by atoms with Crippen LogP contribution in [-0.4, -0.2) is 29.3 Å². The van der Waals surface area contributed by atoms with E-state index in [-0.39, 0.29) is 0 Å². The number of ether oxygens (including phenoxy) is 1. The lowest BCUT2D eigenvalue weighted by Crippen LogP contribution is -2.20. The number of nitrogens with one attached hydrogen (secondary N) is 2. The van der Waals surface area contributed by atoms with Gasteiger partial charge in [0.2, 0.25) is 0 Å². The third kappa shape index (κ3) is 3.24. The molecule has 0 radical (unpaired) electrons. The number of fused-ring (bicyclic) bond motifs is 1. The minimum absolute atomic E-state index is 0.598. The average Bonchev–Trinajstić information content (AvgIpc) is 3.15. The lowest BCUT2D eigenvalue weighted by atomic mass is 9.93. The van der Waals surface area contributed by atoms with Crippen LogP contribution in [0.1, 0.15) is 29.3 Å². The van der Waals surface area contributed by atoms with Crippen molar-refractivity contribution in [2.45, 2.75) is 13.8 Å². The van der Waals surface area contributed by atoms with Crippen molar-refractivity contribution in [3.05, 3.63) is 64.2 Å². The van der Waals surface area contributed by atoms with E-state index in [9.17, 15) is 0 Å². The van der Waals surface area contributed by atoms with Crippen LogP contribution in [-0.2, 0) is 0 Å². The van der Waals surface area contributed by atoms with Gasteiger partial charge >= 0.3 is 0 Å². The fourth-order valence-corrected chi connectivity index (χ4v) is 3.98. The summed E-state index contributed by atoms with van der Waals surface area (Å²) in [4.78, 5) is 9.34. The van der Waals surface area contributed by atoms with Crippen LogP contribution in [0.15, 0.2) is 41.8 Å². The van der Waals surface area contributed by atoms with Crippen LogP contribution in [0.5, 0.6) is 5.75 Å². The molecule has 4 rings (SSSR count). The lowest BCUT2D eigenvalue weighted by molar-refractivity contribution is 0.320. The van der Waals surface area contributed by atoms with E-state index < -0.39 is 0 Å². The van der Waals surface area contributed by atoms with Gasteiger partial charge in [-0.1, -0.05) is 30.3 Å². The number of benzene rings is 1. The number of allylic oxidation sites excluding steroid dienone is 1.